The Hall–Kier alpha value is -5.02. The second-order valence-corrected chi connectivity index (χ2v) is 9.22. The van der Waals surface area contributed by atoms with E-state index >= 15 is 0 Å². The second kappa shape index (κ2) is 11.6. The van der Waals surface area contributed by atoms with E-state index in [0.29, 0.717) is 38.8 Å². The number of halogens is 3. The van der Waals surface area contributed by atoms with E-state index in [-0.39, 0.29) is 12.5 Å². The molecular formula is C32H24F3N3O3. The van der Waals surface area contributed by atoms with Gasteiger partial charge in [-0.3, -0.25) is 19.4 Å². The molecule has 1 aromatic heterocycles. The average Bonchev–Trinajstić information content (AvgIpc) is 2.99. The van der Waals surface area contributed by atoms with Crippen LogP contribution >= 0.6 is 0 Å². The number of hydroxylamine groups is 2. The first-order chi connectivity index (χ1) is 19.7. The molecule has 2 amide bonds. The number of alkyl halides is 3. The zero-order valence-electron chi connectivity index (χ0n) is 21.9. The van der Waals surface area contributed by atoms with Crippen molar-refractivity contribution >= 4 is 28.4 Å². The van der Waals surface area contributed by atoms with Crippen molar-refractivity contribution in [2.45, 2.75) is 12.7 Å². The minimum absolute atomic E-state index is 0.271. The zero-order chi connectivity index (χ0) is 29.0. The number of rotatable bonds is 7. The van der Waals surface area contributed by atoms with Gasteiger partial charge in [0.15, 0.2) is 0 Å². The number of benzene rings is 4. The summed E-state index contributed by atoms with van der Waals surface area (Å²) in [4.78, 5) is 36.0. The lowest BCUT2D eigenvalue weighted by Crippen LogP contribution is -2.29. The highest BCUT2D eigenvalue weighted by atomic mass is 19.4. The molecule has 0 atom stereocenters. The molecule has 0 fully saturated rings. The van der Waals surface area contributed by atoms with E-state index in [2.05, 4.69) is 10.3 Å². The van der Waals surface area contributed by atoms with Crippen LogP contribution in [-0.2, 0) is 17.6 Å². The molecule has 0 unspecified atom stereocenters. The number of hydrogen-bond acceptors (Lipinski definition) is 4. The van der Waals surface area contributed by atoms with Gasteiger partial charge in [-0.25, -0.2) is 5.06 Å². The van der Waals surface area contributed by atoms with E-state index in [1.807, 2.05) is 30.3 Å². The van der Waals surface area contributed by atoms with E-state index in [0.717, 1.165) is 17.7 Å². The van der Waals surface area contributed by atoms with Gasteiger partial charge in [0, 0.05) is 22.8 Å². The Morgan fingerprint density at radius 3 is 2.29 bits per heavy atom. The van der Waals surface area contributed by atoms with Gasteiger partial charge in [-0.2, -0.15) is 13.2 Å². The molecule has 0 spiro atoms. The highest BCUT2D eigenvalue weighted by molar-refractivity contribution is 6.09. The number of anilines is 1. The van der Waals surface area contributed by atoms with Crippen LogP contribution in [0.2, 0.25) is 0 Å². The van der Waals surface area contributed by atoms with Crippen LogP contribution in [0.25, 0.3) is 22.0 Å². The van der Waals surface area contributed by atoms with Gasteiger partial charge >= 0.3 is 6.18 Å². The van der Waals surface area contributed by atoms with E-state index in [4.69, 9.17) is 4.84 Å². The van der Waals surface area contributed by atoms with Gasteiger partial charge in [0.25, 0.3) is 11.8 Å². The van der Waals surface area contributed by atoms with Crippen LogP contribution in [0, 0.1) is 0 Å². The Morgan fingerprint density at radius 2 is 1.59 bits per heavy atom. The van der Waals surface area contributed by atoms with Crippen LogP contribution in [0.5, 0.6) is 0 Å². The summed E-state index contributed by atoms with van der Waals surface area (Å²) in [6.45, 7) is 0.271. The Morgan fingerprint density at radius 1 is 0.878 bits per heavy atom. The van der Waals surface area contributed by atoms with E-state index < -0.39 is 17.6 Å². The molecule has 1 N–H and O–H groups in total. The highest BCUT2D eigenvalue weighted by Gasteiger charge is 2.30. The summed E-state index contributed by atoms with van der Waals surface area (Å²) < 4.78 is 38.9. The SMILES string of the molecule is CON(Cc1ccccc1)C(=O)c1cnc2cc(NC(=O)c3ccccc3-c3ccc(C(F)(F)F)cc3)ccc2c1. The molecule has 0 aliphatic heterocycles. The molecule has 5 rings (SSSR count). The van der Waals surface area contributed by atoms with Crippen molar-refractivity contribution < 1.29 is 27.6 Å². The molecule has 206 valence electrons. The van der Waals surface area contributed by atoms with Gasteiger partial charge in [0.1, 0.15) is 0 Å². The van der Waals surface area contributed by atoms with Crippen LogP contribution < -0.4 is 5.32 Å². The third kappa shape index (κ3) is 6.26. The molecule has 0 aliphatic rings. The largest absolute Gasteiger partial charge is 0.416 e. The van der Waals surface area contributed by atoms with Crippen molar-refractivity contribution in [2.24, 2.45) is 0 Å². The Balaban J connectivity index is 1.34. The summed E-state index contributed by atoms with van der Waals surface area (Å²) in [5.41, 5.74) is 2.82. The summed E-state index contributed by atoms with van der Waals surface area (Å²) in [6, 6.07) is 27.6. The van der Waals surface area contributed by atoms with E-state index in [1.165, 1.54) is 30.5 Å². The predicted octanol–water partition coefficient (Wildman–Crippen LogP) is 7.38. The summed E-state index contributed by atoms with van der Waals surface area (Å²) in [5.74, 6) is -0.772. The molecule has 0 bridgehead atoms. The van der Waals surface area contributed by atoms with Crippen LogP contribution in [-0.4, -0.2) is 29.0 Å². The molecule has 5 aromatic rings. The molecule has 1 heterocycles. The maximum Gasteiger partial charge on any atom is 0.416 e. The Bertz CT molecular complexity index is 1710. The van der Waals surface area contributed by atoms with Crippen molar-refractivity contribution in [3.63, 3.8) is 0 Å². The number of hydrogen-bond donors (Lipinski definition) is 1. The van der Waals surface area contributed by atoms with Crippen molar-refractivity contribution in [1.82, 2.24) is 10.0 Å². The molecule has 0 saturated carbocycles. The molecule has 6 nitrogen and oxygen atoms in total. The first-order valence-corrected chi connectivity index (χ1v) is 12.6. The van der Waals surface area contributed by atoms with Gasteiger partial charge < -0.3 is 5.32 Å². The summed E-state index contributed by atoms with van der Waals surface area (Å²) in [6.07, 6.45) is -2.99. The summed E-state index contributed by atoms with van der Waals surface area (Å²) in [5, 5.41) is 4.77. The average molecular weight is 556 g/mol. The monoisotopic (exact) mass is 555 g/mol. The minimum Gasteiger partial charge on any atom is -0.322 e. The van der Waals surface area contributed by atoms with Gasteiger partial charge in [-0.15, -0.1) is 0 Å². The number of carbonyl (C=O) groups excluding carboxylic acids is 2. The lowest BCUT2D eigenvalue weighted by atomic mass is 9.98. The van der Waals surface area contributed by atoms with Crippen LogP contribution in [0.4, 0.5) is 18.9 Å². The van der Waals surface area contributed by atoms with Crippen LogP contribution in [0.15, 0.2) is 109 Å². The van der Waals surface area contributed by atoms with Crippen molar-refractivity contribution in [2.75, 3.05) is 12.4 Å². The molecular weight excluding hydrogens is 531 g/mol. The fraction of sp³-hybridized carbons (Fsp3) is 0.0938. The van der Waals surface area contributed by atoms with Gasteiger partial charge in [0.2, 0.25) is 0 Å². The molecule has 41 heavy (non-hydrogen) atoms. The molecule has 9 heteroatoms. The van der Waals surface area contributed by atoms with Gasteiger partial charge in [-0.1, -0.05) is 66.7 Å². The fourth-order valence-electron chi connectivity index (χ4n) is 4.40. The number of amides is 2. The number of nitrogens with one attached hydrogen (secondary N) is 1. The number of aromatic nitrogens is 1. The first kappa shape index (κ1) is 27.5. The Kier molecular flexibility index (Phi) is 7.80. The maximum atomic E-state index is 13.2. The minimum atomic E-state index is -4.45. The summed E-state index contributed by atoms with van der Waals surface area (Å²) in [7, 11) is 1.43. The fourth-order valence-corrected chi connectivity index (χ4v) is 4.40. The third-order valence-corrected chi connectivity index (χ3v) is 6.50. The third-order valence-electron chi connectivity index (χ3n) is 6.50. The number of pyridine rings is 1. The van der Waals surface area contributed by atoms with Crippen molar-refractivity contribution in [3.05, 3.63) is 132 Å². The molecule has 4 aromatic carbocycles. The second-order valence-electron chi connectivity index (χ2n) is 9.22. The van der Waals surface area contributed by atoms with Crippen LogP contribution in [0.3, 0.4) is 0 Å². The van der Waals surface area contributed by atoms with Gasteiger partial charge in [0.05, 0.1) is 30.3 Å². The Labute approximate surface area is 234 Å². The first-order valence-electron chi connectivity index (χ1n) is 12.6. The predicted molar refractivity (Wildman–Crippen MR) is 150 cm³/mol. The zero-order valence-corrected chi connectivity index (χ0v) is 21.9. The number of nitrogens with zero attached hydrogens (tertiary/aromatic N) is 2. The lowest BCUT2D eigenvalue weighted by Gasteiger charge is -2.20. The molecule has 0 saturated heterocycles. The highest BCUT2D eigenvalue weighted by Crippen LogP contribution is 2.32. The standard InChI is InChI=1S/C32H24F3N3O3/c1-41-38(20-21-7-3-2-4-8-21)31(40)24-17-23-13-16-26(18-29(23)36-19-24)37-30(39)28-10-6-5-9-27(28)22-11-14-25(15-12-22)32(33,34)35/h2-19H,20H2,1H3,(H,37,39). The van der Waals surface area contributed by atoms with Gasteiger partial charge in [-0.05, 0) is 53.1 Å². The van der Waals surface area contributed by atoms with E-state index in [9.17, 15) is 22.8 Å². The maximum absolute atomic E-state index is 13.2. The van der Waals surface area contributed by atoms with Crippen molar-refractivity contribution in [3.8, 4) is 11.1 Å². The lowest BCUT2D eigenvalue weighted by molar-refractivity contribution is -0.137. The number of fused-ring (bicyclic) bond motifs is 1. The molecule has 0 aliphatic carbocycles. The normalized spacial score (nSPS) is 11.3. The molecule has 0 radical (unpaired) electrons. The van der Waals surface area contributed by atoms with Crippen molar-refractivity contribution in [1.29, 1.82) is 0 Å². The van der Waals surface area contributed by atoms with E-state index in [1.54, 1.807) is 48.5 Å². The quantitative estimate of drug-likeness (QED) is 0.213. The van der Waals surface area contributed by atoms with Crippen LogP contribution in [0.1, 0.15) is 31.8 Å². The number of carbonyl (C=O) groups is 2. The smallest absolute Gasteiger partial charge is 0.322 e. The summed E-state index contributed by atoms with van der Waals surface area (Å²) >= 11 is 0. The topological polar surface area (TPSA) is 71.5 Å².